The number of anilines is 1. The first-order valence-corrected chi connectivity index (χ1v) is 5.64. The van der Waals surface area contributed by atoms with Crippen molar-refractivity contribution in [2.75, 3.05) is 18.4 Å². The number of hydrogen-bond donors (Lipinski definition) is 2. The quantitative estimate of drug-likeness (QED) is 0.873. The molecule has 18 heavy (non-hydrogen) atoms. The molecule has 2 rings (SSSR count). The molecule has 0 unspecified atom stereocenters. The van der Waals surface area contributed by atoms with Gasteiger partial charge in [0.05, 0.1) is 17.2 Å². The summed E-state index contributed by atoms with van der Waals surface area (Å²) >= 11 is 5.54. The maximum atomic E-state index is 12.8. The maximum absolute atomic E-state index is 12.8. The largest absolute Gasteiger partial charge is 0.418 e. The lowest BCUT2D eigenvalue weighted by atomic mass is 10.0. The van der Waals surface area contributed by atoms with Crippen molar-refractivity contribution >= 4 is 23.2 Å². The van der Waals surface area contributed by atoms with Crippen LogP contribution in [0.3, 0.4) is 0 Å². The molecular formula is C11H10ClF3N2O. The van der Waals surface area contributed by atoms with E-state index in [-0.39, 0.29) is 16.6 Å². The number of carbonyl (C=O) groups is 1. The highest BCUT2D eigenvalue weighted by atomic mass is 35.5. The van der Waals surface area contributed by atoms with E-state index in [4.69, 9.17) is 11.6 Å². The molecule has 3 nitrogen and oxygen atoms in total. The van der Waals surface area contributed by atoms with Gasteiger partial charge in [-0.2, -0.15) is 13.2 Å². The van der Waals surface area contributed by atoms with Crippen LogP contribution in [0.5, 0.6) is 0 Å². The molecule has 0 saturated carbocycles. The smallest absolute Gasteiger partial charge is 0.325 e. The molecule has 0 spiro atoms. The van der Waals surface area contributed by atoms with Gasteiger partial charge in [-0.25, -0.2) is 0 Å². The fraction of sp³-hybridized carbons (Fsp3) is 0.364. The highest BCUT2D eigenvalue weighted by Crippen LogP contribution is 2.36. The highest BCUT2D eigenvalue weighted by molar-refractivity contribution is 6.30. The number of halogens is 4. The second-order valence-corrected chi connectivity index (χ2v) is 4.47. The lowest BCUT2D eigenvalue weighted by molar-refractivity contribution is -0.137. The van der Waals surface area contributed by atoms with Gasteiger partial charge in [-0.05, 0) is 18.2 Å². The number of rotatable bonds is 2. The average molecular weight is 279 g/mol. The molecule has 7 heteroatoms. The summed E-state index contributed by atoms with van der Waals surface area (Å²) in [6.07, 6.45) is -4.55. The van der Waals surface area contributed by atoms with Gasteiger partial charge in [0, 0.05) is 18.1 Å². The zero-order valence-electron chi connectivity index (χ0n) is 9.14. The van der Waals surface area contributed by atoms with Crippen LogP contribution >= 0.6 is 11.6 Å². The Morgan fingerprint density at radius 3 is 2.56 bits per heavy atom. The Bertz CT molecular complexity index is 472. The molecule has 1 heterocycles. The molecule has 2 N–H and O–H groups in total. The molecule has 1 aromatic rings. The molecule has 0 aromatic heterocycles. The standard InChI is InChI=1S/C11H10ClF3N2O/c12-7-1-2-9(8(3-7)11(13,14)15)17-10(18)6-4-16-5-6/h1-3,6,16H,4-5H2,(H,17,18). The summed E-state index contributed by atoms with van der Waals surface area (Å²) in [7, 11) is 0. The van der Waals surface area contributed by atoms with Gasteiger partial charge in [0.15, 0.2) is 0 Å². The van der Waals surface area contributed by atoms with Crippen molar-refractivity contribution in [2.45, 2.75) is 6.18 Å². The third kappa shape index (κ3) is 2.76. The van der Waals surface area contributed by atoms with E-state index in [0.29, 0.717) is 13.1 Å². The van der Waals surface area contributed by atoms with Crippen LogP contribution in [0.15, 0.2) is 18.2 Å². The van der Waals surface area contributed by atoms with Crippen LogP contribution in [0.4, 0.5) is 18.9 Å². The Hall–Kier alpha value is -1.27. The molecule has 0 atom stereocenters. The third-order valence-electron chi connectivity index (χ3n) is 2.70. The second-order valence-electron chi connectivity index (χ2n) is 4.03. The van der Waals surface area contributed by atoms with Crippen molar-refractivity contribution in [1.82, 2.24) is 5.32 Å². The van der Waals surface area contributed by atoms with Crippen LogP contribution in [0.1, 0.15) is 5.56 Å². The number of amides is 1. The maximum Gasteiger partial charge on any atom is 0.418 e. The van der Waals surface area contributed by atoms with Gasteiger partial charge in [-0.15, -0.1) is 0 Å². The summed E-state index contributed by atoms with van der Waals surface area (Å²) in [5.74, 6) is -0.691. The van der Waals surface area contributed by atoms with E-state index >= 15 is 0 Å². The molecule has 0 radical (unpaired) electrons. The first-order chi connectivity index (χ1) is 8.38. The van der Waals surface area contributed by atoms with Gasteiger partial charge in [-0.1, -0.05) is 11.6 Å². The molecule has 1 aliphatic rings. The topological polar surface area (TPSA) is 41.1 Å². The van der Waals surface area contributed by atoms with Gasteiger partial charge in [0.25, 0.3) is 0 Å². The molecule has 98 valence electrons. The Kier molecular flexibility index (Phi) is 3.49. The second kappa shape index (κ2) is 4.78. The summed E-state index contributed by atoms with van der Waals surface area (Å²) in [5, 5.41) is 5.14. The normalized spacial score (nSPS) is 16.2. The van der Waals surface area contributed by atoms with Gasteiger partial charge in [-0.3, -0.25) is 4.79 Å². The minimum atomic E-state index is -4.55. The van der Waals surface area contributed by atoms with E-state index < -0.39 is 17.6 Å². The van der Waals surface area contributed by atoms with Crippen molar-refractivity contribution in [3.8, 4) is 0 Å². The van der Waals surface area contributed by atoms with Crippen molar-refractivity contribution in [1.29, 1.82) is 0 Å². The van der Waals surface area contributed by atoms with Crippen LogP contribution < -0.4 is 10.6 Å². The lowest BCUT2D eigenvalue weighted by Gasteiger charge is -2.26. The van der Waals surface area contributed by atoms with E-state index in [1.165, 1.54) is 6.07 Å². The summed E-state index contributed by atoms with van der Waals surface area (Å²) < 4.78 is 38.3. The number of benzene rings is 1. The number of alkyl halides is 3. The van der Waals surface area contributed by atoms with Gasteiger partial charge in [0.1, 0.15) is 0 Å². The molecule has 1 amide bonds. The zero-order valence-corrected chi connectivity index (χ0v) is 9.90. The Balaban J connectivity index is 2.23. The van der Waals surface area contributed by atoms with Crippen LogP contribution in [0.25, 0.3) is 0 Å². The summed E-state index contributed by atoms with van der Waals surface area (Å²) in [4.78, 5) is 11.6. The Labute approximate surface area is 106 Å². The van der Waals surface area contributed by atoms with Crippen molar-refractivity contribution < 1.29 is 18.0 Å². The van der Waals surface area contributed by atoms with Crippen LogP contribution in [-0.4, -0.2) is 19.0 Å². The predicted molar refractivity (Wildman–Crippen MR) is 61.4 cm³/mol. The number of nitrogens with one attached hydrogen (secondary N) is 2. The van der Waals surface area contributed by atoms with E-state index in [2.05, 4.69) is 10.6 Å². The summed E-state index contributed by atoms with van der Waals surface area (Å²) in [5.41, 5.74) is -1.19. The van der Waals surface area contributed by atoms with Gasteiger partial charge < -0.3 is 10.6 Å². The van der Waals surface area contributed by atoms with Gasteiger partial charge in [0.2, 0.25) is 5.91 Å². The number of carbonyl (C=O) groups excluding carboxylic acids is 1. The van der Waals surface area contributed by atoms with E-state index in [9.17, 15) is 18.0 Å². The van der Waals surface area contributed by atoms with E-state index in [0.717, 1.165) is 12.1 Å². The highest BCUT2D eigenvalue weighted by Gasteiger charge is 2.35. The molecular weight excluding hydrogens is 269 g/mol. The van der Waals surface area contributed by atoms with E-state index in [1.807, 2.05) is 0 Å². The molecule has 1 fully saturated rings. The molecule has 1 aliphatic heterocycles. The predicted octanol–water partition coefficient (Wildman–Crippen LogP) is 2.52. The Morgan fingerprint density at radius 1 is 1.39 bits per heavy atom. The lowest BCUT2D eigenvalue weighted by Crippen LogP contribution is -2.48. The zero-order chi connectivity index (χ0) is 13.3. The van der Waals surface area contributed by atoms with Gasteiger partial charge >= 0.3 is 6.18 Å². The summed E-state index contributed by atoms with van der Waals surface area (Å²) in [6, 6.07) is 3.27. The third-order valence-corrected chi connectivity index (χ3v) is 2.93. The van der Waals surface area contributed by atoms with Crippen molar-refractivity contribution in [3.05, 3.63) is 28.8 Å². The fourth-order valence-electron chi connectivity index (χ4n) is 1.57. The summed E-state index contributed by atoms with van der Waals surface area (Å²) in [6.45, 7) is 0.974. The first kappa shape index (κ1) is 13.2. The molecule has 1 saturated heterocycles. The molecule has 0 aliphatic carbocycles. The van der Waals surface area contributed by atoms with Crippen molar-refractivity contribution in [2.24, 2.45) is 5.92 Å². The fourth-order valence-corrected chi connectivity index (χ4v) is 1.74. The SMILES string of the molecule is O=C(Nc1ccc(Cl)cc1C(F)(F)F)C1CNC1. The molecule has 1 aromatic carbocycles. The average Bonchev–Trinajstić information content (AvgIpc) is 2.16. The van der Waals surface area contributed by atoms with Crippen LogP contribution in [-0.2, 0) is 11.0 Å². The van der Waals surface area contributed by atoms with E-state index in [1.54, 1.807) is 0 Å². The monoisotopic (exact) mass is 278 g/mol. The number of hydrogen-bond acceptors (Lipinski definition) is 2. The van der Waals surface area contributed by atoms with Crippen LogP contribution in [0.2, 0.25) is 5.02 Å². The first-order valence-electron chi connectivity index (χ1n) is 5.26. The minimum Gasteiger partial charge on any atom is -0.325 e. The Morgan fingerprint density at radius 2 is 2.06 bits per heavy atom. The minimum absolute atomic E-state index is 0.0226. The van der Waals surface area contributed by atoms with Crippen molar-refractivity contribution in [3.63, 3.8) is 0 Å². The molecule has 0 bridgehead atoms. The van der Waals surface area contributed by atoms with Crippen LogP contribution in [0, 0.1) is 5.92 Å².